The molecule has 0 heterocycles. The van der Waals surface area contributed by atoms with E-state index in [-0.39, 0.29) is 18.2 Å². The van der Waals surface area contributed by atoms with Crippen LogP contribution in [0.1, 0.15) is 21.5 Å². The van der Waals surface area contributed by atoms with E-state index in [1.807, 2.05) is 0 Å². The molecule has 1 rings (SSSR count). The summed E-state index contributed by atoms with van der Waals surface area (Å²) in [6.45, 7) is -1.13. The Kier molecular flexibility index (Phi) is 5.43. The fourth-order valence-electron chi connectivity index (χ4n) is 1.46. The predicted molar refractivity (Wildman–Crippen MR) is 64.5 cm³/mol. The molecule has 0 spiro atoms. The van der Waals surface area contributed by atoms with Crippen molar-refractivity contribution in [1.82, 2.24) is 5.32 Å². The number of alkyl halides is 6. The number of carbonyl (C=O) groups excluding carboxylic acids is 3. The van der Waals surface area contributed by atoms with Crippen molar-refractivity contribution in [3.8, 4) is 0 Å². The van der Waals surface area contributed by atoms with Gasteiger partial charge >= 0.3 is 24.4 Å². The minimum absolute atomic E-state index is 0.142. The van der Waals surface area contributed by atoms with Crippen LogP contribution in [0.4, 0.5) is 31.1 Å². The van der Waals surface area contributed by atoms with Crippen LogP contribution >= 0.6 is 0 Å². The molecule has 132 valence electrons. The van der Waals surface area contributed by atoms with Gasteiger partial charge in [0.2, 0.25) is 0 Å². The predicted octanol–water partition coefficient (Wildman–Crippen LogP) is 2.08. The zero-order valence-electron chi connectivity index (χ0n) is 11.4. The van der Waals surface area contributed by atoms with Crippen molar-refractivity contribution in [2.24, 2.45) is 5.73 Å². The molecule has 0 aliphatic rings. The van der Waals surface area contributed by atoms with E-state index in [9.17, 15) is 40.7 Å². The third kappa shape index (κ3) is 5.44. The molecule has 3 amide bonds. The molecule has 0 saturated carbocycles. The molecule has 0 fully saturated rings. The van der Waals surface area contributed by atoms with Gasteiger partial charge in [0.1, 0.15) is 0 Å². The quantitative estimate of drug-likeness (QED) is 0.638. The van der Waals surface area contributed by atoms with Crippen LogP contribution in [-0.4, -0.2) is 24.5 Å². The summed E-state index contributed by atoms with van der Waals surface area (Å²) >= 11 is 0. The Bertz CT molecular complexity index is 636. The van der Waals surface area contributed by atoms with Crippen LogP contribution < -0.4 is 11.1 Å². The molecule has 0 aliphatic carbocycles. The number of primary amides is 1. The van der Waals surface area contributed by atoms with E-state index < -0.39 is 53.6 Å². The maximum atomic E-state index is 12.6. The molecule has 0 aliphatic heterocycles. The lowest BCUT2D eigenvalue weighted by atomic mass is 10.0. The zero-order valence-corrected chi connectivity index (χ0v) is 11.4. The number of nitrogens with two attached hydrogens (primary N) is 1. The van der Waals surface area contributed by atoms with Crippen molar-refractivity contribution in [2.75, 3.05) is 6.61 Å². The number of urea groups is 1. The van der Waals surface area contributed by atoms with E-state index in [4.69, 9.17) is 0 Å². The fraction of sp³-hybridized carbons (Fsp3) is 0.250. The topological polar surface area (TPSA) is 98.5 Å². The Hall–Kier alpha value is -2.79. The maximum absolute atomic E-state index is 12.6. The third-order valence-corrected chi connectivity index (χ3v) is 2.42. The highest BCUT2D eigenvalue weighted by Crippen LogP contribution is 2.36. The number of ether oxygens (including phenoxy) is 1. The van der Waals surface area contributed by atoms with Gasteiger partial charge in [-0.25, -0.2) is 9.59 Å². The summed E-state index contributed by atoms with van der Waals surface area (Å²) in [6.07, 6.45) is -10.3. The van der Waals surface area contributed by atoms with E-state index in [1.165, 1.54) is 5.32 Å². The Morgan fingerprint density at radius 2 is 1.42 bits per heavy atom. The average molecular weight is 358 g/mol. The molecule has 1 aromatic rings. The number of benzene rings is 1. The molecule has 0 saturated heterocycles. The number of nitrogens with one attached hydrogen (secondary N) is 1. The number of imide groups is 1. The Balaban J connectivity index is 3.07. The van der Waals surface area contributed by atoms with Gasteiger partial charge in [0, 0.05) is 0 Å². The first kappa shape index (κ1) is 19.3. The van der Waals surface area contributed by atoms with E-state index in [1.54, 1.807) is 0 Å². The molecule has 6 nitrogen and oxygen atoms in total. The van der Waals surface area contributed by atoms with E-state index in [0.29, 0.717) is 0 Å². The summed E-state index contributed by atoms with van der Waals surface area (Å²) in [7, 11) is 0. The lowest BCUT2D eigenvalue weighted by Crippen LogP contribution is -2.37. The molecule has 24 heavy (non-hydrogen) atoms. The molecule has 0 atom stereocenters. The molecule has 12 heteroatoms. The first-order chi connectivity index (χ1) is 10.8. The van der Waals surface area contributed by atoms with Crippen LogP contribution in [-0.2, 0) is 21.9 Å². The zero-order chi connectivity index (χ0) is 18.7. The SMILES string of the molecule is NC(=O)NC(=O)COC(=O)c1cc(C(F)(F)F)cc(C(F)(F)F)c1. The average Bonchev–Trinajstić information content (AvgIpc) is 2.41. The summed E-state index contributed by atoms with van der Waals surface area (Å²) in [5, 5.41) is 1.48. The third-order valence-electron chi connectivity index (χ3n) is 2.42. The smallest absolute Gasteiger partial charge is 0.416 e. The maximum Gasteiger partial charge on any atom is 0.416 e. The molecule has 1 aromatic carbocycles. The standard InChI is InChI=1S/C12H8F6N2O4/c13-11(14,15)6-1-5(2-7(3-6)12(16,17)18)9(22)24-4-8(21)20-10(19)23/h1-3H,4H2,(H3,19,20,21,23). The highest BCUT2D eigenvalue weighted by Gasteiger charge is 2.37. The van der Waals surface area contributed by atoms with Crippen LogP contribution in [0.25, 0.3) is 0 Å². The fourth-order valence-corrected chi connectivity index (χ4v) is 1.46. The highest BCUT2D eigenvalue weighted by atomic mass is 19.4. The molecule has 0 radical (unpaired) electrons. The van der Waals surface area contributed by atoms with Gasteiger partial charge < -0.3 is 10.5 Å². The van der Waals surface area contributed by atoms with Gasteiger partial charge in [0.05, 0.1) is 16.7 Å². The monoisotopic (exact) mass is 358 g/mol. The van der Waals surface area contributed by atoms with Crippen molar-refractivity contribution in [1.29, 1.82) is 0 Å². The highest BCUT2D eigenvalue weighted by molar-refractivity contribution is 5.96. The summed E-state index contributed by atoms with van der Waals surface area (Å²) < 4.78 is 80.0. The molecule has 0 aromatic heterocycles. The molecule has 0 unspecified atom stereocenters. The first-order valence-corrected chi connectivity index (χ1v) is 5.86. The van der Waals surface area contributed by atoms with Crippen LogP contribution in [0.3, 0.4) is 0 Å². The second-order valence-electron chi connectivity index (χ2n) is 4.28. The van der Waals surface area contributed by atoms with Crippen LogP contribution in [0, 0.1) is 0 Å². The number of halogens is 6. The van der Waals surface area contributed by atoms with E-state index >= 15 is 0 Å². The summed E-state index contributed by atoms with van der Waals surface area (Å²) in [5.41, 5.74) is 0.0857. The van der Waals surface area contributed by atoms with Crippen molar-refractivity contribution < 1.29 is 45.5 Å². The summed E-state index contributed by atoms with van der Waals surface area (Å²) in [5.74, 6) is -2.83. The second-order valence-corrected chi connectivity index (χ2v) is 4.28. The van der Waals surface area contributed by atoms with E-state index in [0.717, 1.165) is 0 Å². The molecule has 0 bridgehead atoms. The van der Waals surface area contributed by atoms with Gasteiger partial charge in [0.15, 0.2) is 6.61 Å². The lowest BCUT2D eigenvalue weighted by Gasteiger charge is -2.13. The minimum atomic E-state index is -5.14. The van der Waals surface area contributed by atoms with Gasteiger partial charge in [-0.15, -0.1) is 0 Å². The van der Waals surface area contributed by atoms with Gasteiger partial charge in [0.25, 0.3) is 5.91 Å². The molecular formula is C12H8F6N2O4. The number of esters is 1. The van der Waals surface area contributed by atoms with Gasteiger partial charge in [-0.05, 0) is 18.2 Å². The Labute approximate surface area is 129 Å². The normalized spacial score (nSPS) is 11.8. The number of carbonyl (C=O) groups is 3. The first-order valence-electron chi connectivity index (χ1n) is 5.86. The lowest BCUT2D eigenvalue weighted by molar-refractivity contribution is -0.143. The van der Waals surface area contributed by atoms with Crippen molar-refractivity contribution in [3.05, 3.63) is 34.9 Å². The molecule has 3 N–H and O–H groups in total. The van der Waals surface area contributed by atoms with Crippen LogP contribution in [0.5, 0.6) is 0 Å². The van der Waals surface area contributed by atoms with E-state index in [2.05, 4.69) is 10.5 Å². The Morgan fingerprint density at radius 3 is 1.79 bits per heavy atom. The van der Waals surface area contributed by atoms with Crippen LogP contribution in [0.2, 0.25) is 0 Å². The van der Waals surface area contributed by atoms with Gasteiger partial charge in [-0.2, -0.15) is 26.3 Å². The van der Waals surface area contributed by atoms with Crippen molar-refractivity contribution >= 4 is 17.9 Å². The molecular weight excluding hydrogens is 350 g/mol. The number of hydrogen-bond donors (Lipinski definition) is 2. The van der Waals surface area contributed by atoms with Gasteiger partial charge in [-0.1, -0.05) is 0 Å². The number of hydrogen-bond acceptors (Lipinski definition) is 4. The summed E-state index contributed by atoms with van der Waals surface area (Å²) in [4.78, 5) is 32.9. The second kappa shape index (κ2) is 6.76. The van der Waals surface area contributed by atoms with Crippen LogP contribution in [0.15, 0.2) is 18.2 Å². The van der Waals surface area contributed by atoms with Crippen molar-refractivity contribution in [2.45, 2.75) is 12.4 Å². The minimum Gasteiger partial charge on any atom is -0.452 e. The number of amides is 3. The largest absolute Gasteiger partial charge is 0.452 e. The van der Waals surface area contributed by atoms with Gasteiger partial charge in [-0.3, -0.25) is 10.1 Å². The van der Waals surface area contributed by atoms with Crippen molar-refractivity contribution in [3.63, 3.8) is 0 Å². The summed E-state index contributed by atoms with van der Waals surface area (Å²) in [6, 6.07) is -1.17. The number of rotatable bonds is 3. The Morgan fingerprint density at radius 1 is 0.958 bits per heavy atom.